The average Bonchev–Trinajstić information content (AvgIpc) is 2.51. The molecular weight excluding hydrogens is 357 g/mol. The molecule has 0 atom stereocenters. The van der Waals surface area contributed by atoms with Gasteiger partial charge in [-0.1, -0.05) is 40.9 Å². The molecule has 0 bridgehead atoms. The minimum absolute atomic E-state index is 0.124. The lowest BCUT2D eigenvalue weighted by Crippen LogP contribution is -2.14. The Morgan fingerprint density at radius 2 is 1.83 bits per heavy atom. The van der Waals surface area contributed by atoms with Gasteiger partial charge in [0, 0.05) is 21.9 Å². The van der Waals surface area contributed by atoms with Gasteiger partial charge in [-0.3, -0.25) is 4.79 Å². The van der Waals surface area contributed by atoms with E-state index in [4.69, 9.17) is 40.1 Å². The van der Waals surface area contributed by atoms with Crippen molar-refractivity contribution in [2.45, 2.75) is 0 Å². The van der Waals surface area contributed by atoms with Crippen molar-refractivity contribution in [3.8, 4) is 6.07 Å². The van der Waals surface area contributed by atoms with E-state index < -0.39 is 5.91 Å². The Morgan fingerprint density at radius 1 is 1.09 bits per heavy atom. The van der Waals surface area contributed by atoms with Crippen LogP contribution in [-0.2, 0) is 4.79 Å². The number of anilines is 2. The predicted molar refractivity (Wildman–Crippen MR) is 93.9 cm³/mol. The Hall–Kier alpha value is -2.19. The zero-order chi connectivity index (χ0) is 16.8. The molecule has 0 aromatic heterocycles. The standard InChI is InChI=1S/C16H10Cl3N3O/c17-11-2-1-3-13(6-11)22-16(23)10(8-20)9-21-15-7-12(18)4-5-14(15)19/h1-7,9,21H,(H,22,23)/b10-9-. The number of hydrogen-bond acceptors (Lipinski definition) is 3. The molecular formula is C16H10Cl3N3O. The lowest BCUT2D eigenvalue weighted by molar-refractivity contribution is -0.112. The van der Waals surface area contributed by atoms with Gasteiger partial charge in [0.05, 0.1) is 10.7 Å². The monoisotopic (exact) mass is 365 g/mol. The molecule has 0 fully saturated rings. The molecule has 4 nitrogen and oxygen atoms in total. The van der Waals surface area contributed by atoms with E-state index >= 15 is 0 Å². The van der Waals surface area contributed by atoms with E-state index in [0.717, 1.165) is 0 Å². The number of nitriles is 1. The number of hydrogen-bond donors (Lipinski definition) is 2. The van der Waals surface area contributed by atoms with Crippen LogP contribution in [0, 0.1) is 11.3 Å². The molecule has 0 aliphatic carbocycles. The maximum atomic E-state index is 12.1. The molecule has 116 valence electrons. The zero-order valence-electron chi connectivity index (χ0n) is 11.6. The highest BCUT2D eigenvalue weighted by Crippen LogP contribution is 2.25. The fourth-order valence-electron chi connectivity index (χ4n) is 1.67. The van der Waals surface area contributed by atoms with Gasteiger partial charge in [-0.05, 0) is 36.4 Å². The van der Waals surface area contributed by atoms with Crippen molar-refractivity contribution in [1.82, 2.24) is 0 Å². The topological polar surface area (TPSA) is 64.9 Å². The van der Waals surface area contributed by atoms with Crippen molar-refractivity contribution < 1.29 is 4.79 Å². The van der Waals surface area contributed by atoms with E-state index in [9.17, 15) is 4.79 Å². The number of nitrogens with one attached hydrogen (secondary N) is 2. The third-order valence-electron chi connectivity index (χ3n) is 2.75. The van der Waals surface area contributed by atoms with Crippen molar-refractivity contribution in [2.75, 3.05) is 10.6 Å². The third-order valence-corrected chi connectivity index (χ3v) is 3.55. The van der Waals surface area contributed by atoms with Crippen LogP contribution in [0.2, 0.25) is 15.1 Å². The first-order valence-corrected chi connectivity index (χ1v) is 7.52. The molecule has 7 heteroatoms. The van der Waals surface area contributed by atoms with Crippen molar-refractivity contribution >= 4 is 52.1 Å². The van der Waals surface area contributed by atoms with Crippen molar-refractivity contribution in [1.29, 1.82) is 5.26 Å². The van der Waals surface area contributed by atoms with E-state index in [0.29, 0.717) is 26.4 Å². The average molecular weight is 367 g/mol. The lowest BCUT2D eigenvalue weighted by Gasteiger charge is -2.07. The predicted octanol–water partition coefficient (Wildman–Crippen LogP) is 5.10. The summed E-state index contributed by atoms with van der Waals surface area (Å²) in [6.07, 6.45) is 1.26. The van der Waals surface area contributed by atoms with Gasteiger partial charge < -0.3 is 10.6 Å². The second kappa shape index (κ2) is 7.89. The van der Waals surface area contributed by atoms with Crippen LogP contribution in [0.25, 0.3) is 0 Å². The number of benzene rings is 2. The van der Waals surface area contributed by atoms with Gasteiger partial charge in [0.2, 0.25) is 0 Å². The van der Waals surface area contributed by atoms with Crippen LogP contribution in [0.1, 0.15) is 0 Å². The maximum Gasteiger partial charge on any atom is 0.267 e. The van der Waals surface area contributed by atoms with E-state index in [1.54, 1.807) is 42.5 Å². The van der Waals surface area contributed by atoms with Crippen molar-refractivity contribution in [2.24, 2.45) is 0 Å². The van der Waals surface area contributed by atoms with E-state index in [1.165, 1.54) is 6.20 Å². The molecule has 0 saturated carbocycles. The highest BCUT2D eigenvalue weighted by molar-refractivity contribution is 6.35. The third kappa shape index (κ3) is 4.90. The minimum Gasteiger partial charge on any atom is -0.359 e. The lowest BCUT2D eigenvalue weighted by atomic mass is 10.2. The number of halogens is 3. The van der Waals surface area contributed by atoms with Gasteiger partial charge in [-0.2, -0.15) is 5.26 Å². The van der Waals surface area contributed by atoms with Crippen LogP contribution in [-0.4, -0.2) is 5.91 Å². The quantitative estimate of drug-likeness (QED) is 0.584. The molecule has 0 aliphatic rings. The SMILES string of the molecule is N#C/C(=C/Nc1cc(Cl)ccc1Cl)C(=O)Nc1cccc(Cl)c1. The summed E-state index contributed by atoms with van der Waals surface area (Å²) in [6.45, 7) is 0. The second-order valence-corrected chi connectivity index (χ2v) is 5.68. The van der Waals surface area contributed by atoms with Crippen LogP contribution >= 0.6 is 34.8 Å². The molecule has 0 aliphatic heterocycles. The first kappa shape index (κ1) is 17.2. The molecule has 2 rings (SSSR count). The summed E-state index contributed by atoms with van der Waals surface area (Å²) >= 11 is 17.7. The fourth-order valence-corrected chi connectivity index (χ4v) is 2.21. The van der Waals surface area contributed by atoms with Gasteiger partial charge >= 0.3 is 0 Å². The Kier molecular flexibility index (Phi) is 5.89. The Bertz CT molecular complexity index is 812. The zero-order valence-corrected chi connectivity index (χ0v) is 13.9. The molecule has 0 heterocycles. The number of carbonyl (C=O) groups is 1. The van der Waals surface area contributed by atoms with Crippen LogP contribution in [0.15, 0.2) is 54.2 Å². The summed E-state index contributed by atoms with van der Waals surface area (Å²) in [6, 6.07) is 13.3. The van der Waals surface area contributed by atoms with Gasteiger partial charge in [0.25, 0.3) is 5.91 Å². The highest BCUT2D eigenvalue weighted by atomic mass is 35.5. The highest BCUT2D eigenvalue weighted by Gasteiger charge is 2.10. The summed E-state index contributed by atoms with van der Waals surface area (Å²) in [4.78, 5) is 12.1. The van der Waals surface area contributed by atoms with Gasteiger partial charge in [-0.15, -0.1) is 0 Å². The Balaban J connectivity index is 2.14. The molecule has 2 N–H and O–H groups in total. The number of carbonyl (C=O) groups excluding carboxylic acids is 1. The van der Waals surface area contributed by atoms with E-state index in [-0.39, 0.29) is 5.57 Å². The summed E-state index contributed by atoms with van der Waals surface area (Å²) < 4.78 is 0. The van der Waals surface area contributed by atoms with Crippen LogP contribution in [0.5, 0.6) is 0 Å². The van der Waals surface area contributed by atoms with Crippen LogP contribution in [0.3, 0.4) is 0 Å². The molecule has 1 amide bonds. The number of amides is 1. The van der Waals surface area contributed by atoms with Crippen LogP contribution < -0.4 is 10.6 Å². The molecule has 0 spiro atoms. The van der Waals surface area contributed by atoms with Crippen molar-refractivity contribution in [3.63, 3.8) is 0 Å². The molecule has 2 aromatic carbocycles. The summed E-state index contributed by atoms with van der Waals surface area (Å²) in [5.41, 5.74) is 0.855. The largest absolute Gasteiger partial charge is 0.359 e. The molecule has 0 unspecified atom stereocenters. The normalized spacial score (nSPS) is 10.8. The van der Waals surface area contributed by atoms with Gasteiger partial charge in [-0.25, -0.2) is 0 Å². The summed E-state index contributed by atoms with van der Waals surface area (Å²) in [7, 11) is 0. The Labute approximate surface area is 148 Å². The minimum atomic E-state index is -0.569. The summed E-state index contributed by atoms with van der Waals surface area (Å²) in [5.74, 6) is -0.569. The molecule has 2 aromatic rings. The molecule has 23 heavy (non-hydrogen) atoms. The number of rotatable bonds is 4. The maximum absolute atomic E-state index is 12.1. The molecule has 0 saturated heterocycles. The van der Waals surface area contributed by atoms with Crippen LogP contribution in [0.4, 0.5) is 11.4 Å². The van der Waals surface area contributed by atoms with Crippen molar-refractivity contribution in [3.05, 3.63) is 69.3 Å². The Morgan fingerprint density at radius 3 is 2.52 bits per heavy atom. The first-order chi connectivity index (χ1) is 11.0. The smallest absolute Gasteiger partial charge is 0.267 e. The van der Waals surface area contributed by atoms with Gasteiger partial charge in [0.15, 0.2) is 0 Å². The summed E-state index contributed by atoms with van der Waals surface area (Å²) in [5, 5.41) is 15.9. The molecule has 0 radical (unpaired) electrons. The van der Waals surface area contributed by atoms with E-state index in [1.807, 2.05) is 6.07 Å². The van der Waals surface area contributed by atoms with E-state index in [2.05, 4.69) is 10.6 Å². The first-order valence-electron chi connectivity index (χ1n) is 6.38. The fraction of sp³-hybridized carbons (Fsp3) is 0. The number of nitrogens with zero attached hydrogens (tertiary/aromatic N) is 1. The van der Waals surface area contributed by atoms with Gasteiger partial charge in [0.1, 0.15) is 11.6 Å². The second-order valence-electron chi connectivity index (χ2n) is 4.40.